The zero-order chi connectivity index (χ0) is 13.0. The predicted molar refractivity (Wildman–Crippen MR) is 69.7 cm³/mol. The number of methoxy groups -OCH3 is 1. The Balaban J connectivity index is 1.88. The molecule has 2 rings (SSSR count). The van der Waals surface area contributed by atoms with Crippen molar-refractivity contribution in [1.29, 1.82) is 0 Å². The first kappa shape index (κ1) is 13.5. The zero-order valence-corrected chi connectivity index (χ0v) is 10.9. The molecule has 1 fully saturated rings. The van der Waals surface area contributed by atoms with Crippen LogP contribution >= 0.6 is 0 Å². The topological polar surface area (TPSA) is 38.5 Å². The second-order valence-electron chi connectivity index (χ2n) is 4.99. The van der Waals surface area contributed by atoms with E-state index in [4.69, 9.17) is 10.5 Å². The third kappa shape index (κ3) is 3.07. The van der Waals surface area contributed by atoms with E-state index in [-0.39, 0.29) is 11.4 Å². The van der Waals surface area contributed by atoms with Crippen LogP contribution in [0.5, 0.6) is 0 Å². The fraction of sp³-hybridized carbons (Fsp3) is 0.571. The zero-order valence-electron chi connectivity index (χ0n) is 10.9. The summed E-state index contributed by atoms with van der Waals surface area (Å²) in [6.07, 6.45) is 1.92. The molecule has 0 aromatic heterocycles. The van der Waals surface area contributed by atoms with Gasteiger partial charge in [-0.1, -0.05) is 12.1 Å². The first-order valence-corrected chi connectivity index (χ1v) is 6.39. The van der Waals surface area contributed by atoms with Crippen molar-refractivity contribution in [3.8, 4) is 0 Å². The summed E-state index contributed by atoms with van der Waals surface area (Å²) in [5.41, 5.74) is 6.79. The maximum absolute atomic E-state index is 12.8. The number of hydrogen-bond donors (Lipinski definition) is 1. The second kappa shape index (κ2) is 5.78. The van der Waals surface area contributed by atoms with E-state index in [0.29, 0.717) is 6.54 Å². The first-order valence-electron chi connectivity index (χ1n) is 6.39. The van der Waals surface area contributed by atoms with Crippen LogP contribution in [0.15, 0.2) is 24.3 Å². The van der Waals surface area contributed by atoms with Gasteiger partial charge < -0.3 is 10.5 Å². The van der Waals surface area contributed by atoms with Crippen LogP contribution in [0.1, 0.15) is 18.4 Å². The highest BCUT2D eigenvalue weighted by Crippen LogP contribution is 2.25. The lowest BCUT2D eigenvalue weighted by Gasteiger charge is -2.40. The number of benzene rings is 1. The van der Waals surface area contributed by atoms with Crippen molar-refractivity contribution in [2.45, 2.75) is 25.0 Å². The number of hydrogen-bond acceptors (Lipinski definition) is 3. The predicted octanol–water partition coefficient (Wildman–Crippen LogP) is 1.77. The summed E-state index contributed by atoms with van der Waals surface area (Å²) in [6, 6.07) is 6.71. The maximum atomic E-state index is 12.8. The standard InChI is InChI=1S/C14H21FN2O/c1-18-14(11-16)6-8-17(9-7-14)10-12-2-4-13(15)5-3-12/h2-5H,6-11,16H2,1H3. The van der Waals surface area contributed by atoms with E-state index in [0.717, 1.165) is 38.0 Å². The van der Waals surface area contributed by atoms with Gasteiger partial charge in [-0.3, -0.25) is 4.90 Å². The Hall–Kier alpha value is -0.970. The summed E-state index contributed by atoms with van der Waals surface area (Å²) in [5.74, 6) is -0.182. The Morgan fingerprint density at radius 1 is 1.28 bits per heavy atom. The van der Waals surface area contributed by atoms with Gasteiger partial charge in [0, 0.05) is 33.3 Å². The van der Waals surface area contributed by atoms with E-state index in [2.05, 4.69) is 4.90 Å². The van der Waals surface area contributed by atoms with E-state index in [1.165, 1.54) is 12.1 Å². The van der Waals surface area contributed by atoms with Crippen molar-refractivity contribution in [1.82, 2.24) is 4.90 Å². The SMILES string of the molecule is COC1(CN)CCN(Cc2ccc(F)cc2)CC1. The summed E-state index contributed by atoms with van der Waals surface area (Å²) in [6.45, 7) is 3.39. The molecule has 1 aromatic carbocycles. The molecule has 4 heteroatoms. The molecular weight excluding hydrogens is 231 g/mol. The monoisotopic (exact) mass is 252 g/mol. The Kier molecular flexibility index (Phi) is 4.32. The Bertz CT molecular complexity index is 366. The minimum Gasteiger partial charge on any atom is -0.377 e. The van der Waals surface area contributed by atoms with Crippen LogP contribution in [-0.2, 0) is 11.3 Å². The van der Waals surface area contributed by atoms with E-state index < -0.39 is 0 Å². The van der Waals surface area contributed by atoms with Gasteiger partial charge in [-0.05, 0) is 30.5 Å². The number of nitrogens with two attached hydrogens (primary N) is 1. The molecule has 3 nitrogen and oxygen atoms in total. The molecule has 0 unspecified atom stereocenters. The first-order chi connectivity index (χ1) is 8.67. The Labute approximate surface area is 108 Å². The molecule has 0 saturated carbocycles. The van der Waals surface area contributed by atoms with Gasteiger partial charge in [-0.25, -0.2) is 4.39 Å². The number of nitrogens with zero attached hydrogens (tertiary/aromatic N) is 1. The Morgan fingerprint density at radius 3 is 2.39 bits per heavy atom. The lowest BCUT2D eigenvalue weighted by molar-refractivity contribution is -0.0511. The van der Waals surface area contributed by atoms with Gasteiger partial charge in [0.15, 0.2) is 0 Å². The summed E-state index contributed by atoms with van der Waals surface area (Å²) < 4.78 is 18.4. The lowest BCUT2D eigenvalue weighted by Crippen LogP contribution is -2.49. The molecule has 0 atom stereocenters. The van der Waals surface area contributed by atoms with Gasteiger partial charge in [0.2, 0.25) is 0 Å². The third-order valence-corrected chi connectivity index (χ3v) is 3.89. The molecule has 1 aromatic rings. The maximum Gasteiger partial charge on any atom is 0.123 e. The van der Waals surface area contributed by atoms with E-state index >= 15 is 0 Å². The summed E-state index contributed by atoms with van der Waals surface area (Å²) in [4.78, 5) is 2.36. The summed E-state index contributed by atoms with van der Waals surface area (Å²) >= 11 is 0. The average molecular weight is 252 g/mol. The largest absolute Gasteiger partial charge is 0.377 e. The van der Waals surface area contributed by atoms with Crippen LogP contribution < -0.4 is 5.73 Å². The third-order valence-electron chi connectivity index (χ3n) is 3.89. The van der Waals surface area contributed by atoms with Gasteiger partial charge in [-0.15, -0.1) is 0 Å². The highest BCUT2D eigenvalue weighted by Gasteiger charge is 2.32. The van der Waals surface area contributed by atoms with Gasteiger partial charge in [-0.2, -0.15) is 0 Å². The van der Waals surface area contributed by atoms with Crippen molar-refractivity contribution in [2.24, 2.45) is 5.73 Å². The van der Waals surface area contributed by atoms with Crippen LogP contribution in [0.3, 0.4) is 0 Å². The number of ether oxygens (including phenoxy) is 1. The highest BCUT2D eigenvalue weighted by molar-refractivity contribution is 5.16. The highest BCUT2D eigenvalue weighted by atomic mass is 19.1. The molecule has 1 aliphatic heterocycles. The van der Waals surface area contributed by atoms with Crippen LogP contribution in [0, 0.1) is 5.82 Å². The van der Waals surface area contributed by atoms with Crippen molar-refractivity contribution >= 4 is 0 Å². The van der Waals surface area contributed by atoms with E-state index in [1.807, 2.05) is 12.1 Å². The molecular formula is C14H21FN2O. The quantitative estimate of drug-likeness (QED) is 0.887. The van der Waals surface area contributed by atoms with Crippen LogP contribution in [-0.4, -0.2) is 37.2 Å². The number of piperidine rings is 1. The van der Waals surface area contributed by atoms with Crippen molar-refractivity contribution in [3.05, 3.63) is 35.6 Å². The number of halogens is 1. The van der Waals surface area contributed by atoms with Crippen molar-refractivity contribution in [2.75, 3.05) is 26.7 Å². The van der Waals surface area contributed by atoms with Gasteiger partial charge in [0.1, 0.15) is 5.82 Å². The molecule has 0 spiro atoms. The van der Waals surface area contributed by atoms with Gasteiger partial charge >= 0.3 is 0 Å². The van der Waals surface area contributed by atoms with Crippen LogP contribution in [0.4, 0.5) is 4.39 Å². The van der Waals surface area contributed by atoms with E-state index in [9.17, 15) is 4.39 Å². The summed E-state index contributed by atoms with van der Waals surface area (Å²) in [7, 11) is 1.74. The molecule has 18 heavy (non-hydrogen) atoms. The Morgan fingerprint density at radius 2 is 1.89 bits per heavy atom. The molecule has 0 radical (unpaired) electrons. The second-order valence-corrected chi connectivity index (χ2v) is 4.99. The average Bonchev–Trinajstić information content (AvgIpc) is 2.43. The fourth-order valence-corrected chi connectivity index (χ4v) is 2.46. The molecule has 0 aliphatic carbocycles. The molecule has 1 aliphatic rings. The number of likely N-dealkylation sites (tertiary alicyclic amines) is 1. The van der Waals surface area contributed by atoms with Gasteiger partial charge in [0.05, 0.1) is 5.60 Å². The minimum absolute atomic E-state index is 0.140. The number of rotatable bonds is 4. The molecule has 1 saturated heterocycles. The van der Waals surface area contributed by atoms with Crippen LogP contribution in [0.2, 0.25) is 0 Å². The van der Waals surface area contributed by atoms with Crippen molar-refractivity contribution in [3.63, 3.8) is 0 Å². The smallest absolute Gasteiger partial charge is 0.123 e. The molecule has 1 heterocycles. The lowest BCUT2D eigenvalue weighted by atomic mass is 9.91. The molecule has 0 bridgehead atoms. The van der Waals surface area contributed by atoms with Crippen LogP contribution in [0.25, 0.3) is 0 Å². The van der Waals surface area contributed by atoms with Crippen molar-refractivity contribution < 1.29 is 9.13 Å². The fourth-order valence-electron chi connectivity index (χ4n) is 2.46. The normalized spacial score (nSPS) is 19.9. The molecule has 100 valence electrons. The molecule has 2 N–H and O–H groups in total. The van der Waals surface area contributed by atoms with E-state index in [1.54, 1.807) is 7.11 Å². The summed E-state index contributed by atoms with van der Waals surface area (Å²) in [5, 5.41) is 0. The minimum atomic E-state index is -0.182. The molecule has 0 amide bonds. The van der Waals surface area contributed by atoms with Gasteiger partial charge in [0.25, 0.3) is 0 Å².